The summed E-state index contributed by atoms with van der Waals surface area (Å²) >= 11 is 0. The number of aromatic nitrogens is 2. The van der Waals surface area contributed by atoms with Gasteiger partial charge in [0.15, 0.2) is 0 Å². The summed E-state index contributed by atoms with van der Waals surface area (Å²) in [5.74, 6) is 1.86. The number of hydrogen-bond acceptors (Lipinski definition) is 4. The Bertz CT molecular complexity index is 1020. The molecule has 0 unspecified atom stereocenters. The van der Waals surface area contributed by atoms with Gasteiger partial charge in [-0.3, -0.25) is 4.90 Å². The molecular formula is C27H36N4O. The van der Waals surface area contributed by atoms with Gasteiger partial charge in [-0.1, -0.05) is 42.0 Å². The molecule has 0 saturated carbocycles. The largest absolute Gasteiger partial charge is 0.379 e. The van der Waals surface area contributed by atoms with Crippen LogP contribution in [0.15, 0.2) is 48.5 Å². The third kappa shape index (κ3) is 5.06. The molecule has 2 aliphatic heterocycles. The summed E-state index contributed by atoms with van der Waals surface area (Å²) in [7, 11) is 0. The fourth-order valence-corrected chi connectivity index (χ4v) is 5.28. The molecule has 1 aromatic heterocycles. The van der Waals surface area contributed by atoms with Crippen LogP contribution >= 0.6 is 0 Å². The first-order valence-corrected chi connectivity index (χ1v) is 12.3. The standard InChI is InChI=1S/C27H36N4O/c1-22-5-4-6-23(21-22)9-12-29-13-10-24(11-14-29)27-28-25-7-2-3-8-26(25)31(27)16-15-30-17-19-32-20-18-30/h2-8,21,24H,9-20H2,1H3. The predicted molar refractivity (Wildman–Crippen MR) is 130 cm³/mol. The monoisotopic (exact) mass is 432 g/mol. The van der Waals surface area contributed by atoms with Crippen molar-refractivity contribution in [2.45, 2.75) is 38.6 Å². The van der Waals surface area contributed by atoms with Crippen LogP contribution in [0.3, 0.4) is 0 Å². The van der Waals surface area contributed by atoms with Gasteiger partial charge < -0.3 is 14.2 Å². The first-order chi connectivity index (χ1) is 15.8. The van der Waals surface area contributed by atoms with E-state index in [0.717, 1.165) is 57.9 Å². The van der Waals surface area contributed by atoms with Crippen molar-refractivity contribution in [2.24, 2.45) is 0 Å². The van der Waals surface area contributed by atoms with Gasteiger partial charge in [0.1, 0.15) is 5.82 Å². The quantitative estimate of drug-likeness (QED) is 0.563. The zero-order valence-corrected chi connectivity index (χ0v) is 19.4. The summed E-state index contributed by atoms with van der Waals surface area (Å²) in [5.41, 5.74) is 5.25. The van der Waals surface area contributed by atoms with Gasteiger partial charge in [0, 0.05) is 38.6 Å². The molecule has 0 amide bonds. The Morgan fingerprint density at radius 2 is 1.66 bits per heavy atom. The molecule has 5 rings (SSSR count). The third-order valence-electron chi connectivity index (χ3n) is 7.18. The lowest BCUT2D eigenvalue weighted by Crippen LogP contribution is -2.38. The summed E-state index contributed by atoms with van der Waals surface area (Å²) in [4.78, 5) is 10.3. The number of fused-ring (bicyclic) bond motifs is 1. The van der Waals surface area contributed by atoms with Gasteiger partial charge in [-0.25, -0.2) is 4.98 Å². The Hall–Kier alpha value is -2.21. The number of para-hydroxylation sites is 2. The number of aryl methyl sites for hydroxylation is 1. The van der Waals surface area contributed by atoms with Gasteiger partial charge in [-0.2, -0.15) is 0 Å². The van der Waals surface area contributed by atoms with E-state index in [1.54, 1.807) is 0 Å². The SMILES string of the molecule is Cc1cccc(CCN2CCC(c3nc4ccccc4n3CCN3CCOCC3)CC2)c1. The Balaban J connectivity index is 1.23. The maximum Gasteiger partial charge on any atom is 0.113 e. The van der Waals surface area contributed by atoms with Crippen molar-refractivity contribution in [3.05, 3.63) is 65.5 Å². The molecule has 3 heterocycles. The molecule has 0 atom stereocenters. The maximum absolute atomic E-state index is 5.52. The van der Waals surface area contributed by atoms with Crippen LogP contribution in [0.1, 0.15) is 35.7 Å². The van der Waals surface area contributed by atoms with Crippen LogP contribution in [0, 0.1) is 6.92 Å². The lowest BCUT2D eigenvalue weighted by molar-refractivity contribution is 0.0363. The van der Waals surface area contributed by atoms with Gasteiger partial charge >= 0.3 is 0 Å². The Labute approximate surface area is 192 Å². The zero-order chi connectivity index (χ0) is 21.8. The Morgan fingerprint density at radius 3 is 2.47 bits per heavy atom. The summed E-state index contributed by atoms with van der Waals surface area (Å²) in [6, 6.07) is 17.6. The highest BCUT2D eigenvalue weighted by molar-refractivity contribution is 5.76. The topological polar surface area (TPSA) is 33.5 Å². The lowest BCUT2D eigenvalue weighted by atomic mass is 9.95. The van der Waals surface area contributed by atoms with Crippen LogP contribution in [-0.2, 0) is 17.7 Å². The molecule has 0 spiro atoms. The Morgan fingerprint density at radius 1 is 0.875 bits per heavy atom. The summed E-state index contributed by atoms with van der Waals surface area (Å²) in [6.45, 7) is 11.6. The van der Waals surface area contributed by atoms with Crippen molar-refractivity contribution in [3.63, 3.8) is 0 Å². The van der Waals surface area contributed by atoms with E-state index < -0.39 is 0 Å². The average molecular weight is 433 g/mol. The highest BCUT2D eigenvalue weighted by atomic mass is 16.5. The van der Waals surface area contributed by atoms with Gasteiger partial charge in [0.2, 0.25) is 0 Å². The van der Waals surface area contributed by atoms with Crippen molar-refractivity contribution >= 4 is 11.0 Å². The smallest absolute Gasteiger partial charge is 0.113 e. The highest BCUT2D eigenvalue weighted by Gasteiger charge is 2.25. The molecule has 5 heteroatoms. The summed E-state index contributed by atoms with van der Waals surface area (Å²) in [6.07, 6.45) is 3.55. The molecular weight excluding hydrogens is 396 g/mol. The van der Waals surface area contributed by atoms with Crippen LogP contribution in [0.2, 0.25) is 0 Å². The number of imidazole rings is 1. The maximum atomic E-state index is 5.52. The van der Waals surface area contributed by atoms with E-state index in [0.29, 0.717) is 5.92 Å². The minimum absolute atomic E-state index is 0.558. The van der Waals surface area contributed by atoms with Crippen molar-refractivity contribution in [1.29, 1.82) is 0 Å². The number of nitrogens with zero attached hydrogens (tertiary/aromatic N) is 4. The number of benzene rings is 2. The summed E-state index contributed by atoms with van der Waals surface area (Å²) < 4.78 is 8.04. The van der Waals surface area contributed by atoms with Gasteiger partial charge in [-0.15, -0.1) is 0 Å². The van der Waals surface area contributed by atoms with Crippen molar-refractivity contribution in [3.8, 4) is 0 Å². The average Bonchev–Trinajstić information content (AvgIpc) is 3.21. The molecule has 3 aromatic rings. The van der Waals surface area contributed by atoms with E-state index in [2.05, 4.69) is 69.8 Å². The fraction of sp³-hybridized carbons (Fsp3) is 0.519. The molecule has 2 aliphatic rings. The zero-order valence-electron chi connectivity index (χ0n) is 19.4. The second-order valence-corrected chi connectivity index (χ2v) is 9.42. The second kappa shape index (κ2) is 10.2. The number of hydrogen-bond donors (Lipinski definition) is 0. The minimum Gasteiger partial charge on any atom is -0.379 e. The lowest BCUT2D eigenvalue weighted by Gasteiger charge is -2.32. The molecule has 5 nitrogen and oxygen atoms in total. The molecule has 170 valence electrons. The van der Waals surface area contributed by atoms with Crippen LogP contribution in [0.4, 0.5) is 0 Å². The van der Waals surface area contributed by atoms with E-state index in [-0.39, 0.29) is 0 Å². The Kier molecular flexibility index (Phi) is 6.86. The normalized spacial score (nSPS) is 19.0. The number of morpholine rings is 1. The van der Waals surface area contributed by atoms with Crippen LogP contribution < -0.4 is 0 Å². The molecule has 32 heavy (non-hydrogen) atoms. The molecule has 0 N–H and O–H groups in total. The van der Waals surface area contributed by atoms with Gasteiger partial charge in [0.25, 0.3) is 0 Å². The molecule has 0 radical (unpaired) electrons. The fourth-order valence-electron chi connectivity index (χ4n) is 5.28. The first kappa shape index (κ1) is 21.6. The van der Waals surface area contributed by atoms with Gasteiger partial charge in [0.05, 0.1) is 24.2 Å². The molecule has 0 bridgehead atoms. The molecule has 0 aliphatic carbocycles. The number of likely N-dealkylation sites (tertiary alicyclic amines) is 1. The second-order valence-electron chi connectivity index (χ2n) is 9.42. The van der Waals surface area contributed by atoms with E-state index in [1.165, 1.54) is 48.4 Å². The number of piperidine rings is 1. The van der Waals surface area contributed by atoms with Crippen LogP contribution in [0.5, 0.6) is 0 Å². The number of rotatable bonds is 7. The van der Waals surface area contributed by atoms with Crippen LogP contribution in [-0.4, -0.2) is 71.8 Å². The minimum atomic E-state index is 0.558. The van der Waals surface area contributed by atoms with E-state index in [1.807, 2.05) is 0 Å². The predicted octanol–water partition coefficient (Wildman–Crippen LogP) is 4.10. The van der Waals surface area contributed by atoms with Crippen molar-refractivity contribution in [1.82, 2.24) is 19.4 Å². The third-order valence-corrected chi connectivity index (χ3v) is 7.18. The van der Waals surface area contributed by atoms with E-state index in [4.69, 9.17) is 9.72 Å². The van der Waals surface area contributed by atoms with Crippen molar-refractivity contribution in [2.75, 3.05) is 52.5 Å². The van der Waals surface area contributed by atoms with E-state index in [9.17, 15) is 0 Å². The van der Waals surface area contributed by atoms with Crippen molar-refractivity contribution < 1.29 is 4.74 Å². The van der Waals surface area contributed by atoms with Crippen LogP contribution in [0.25, 0.3) is 11.0 Å². The van der Waals surface area contributed by atoms with E-state index >= 15 is 0 Å². The molecule has 2 fully saturated rings. The van der Waals surface area contributed by atoms with Gasteiger partial charge in [-0.05, 0) is 57.0 Å². The molecule has 2 aromatic carbocycles. The highest BCUT2D eigenvalue weighted by Crippen LogP contribution is 2.30. The first-order valence-electron chi connectivity index (χ1n) is 12.3. The number of ether oxygens (including phenoxy) is 1. The summed E-state index contributed by atoms with van der Waals surface area (Å²) in [5, 5.41) is 0. The molecule has 2 saturated heterocycles.